The van der Waals surface area contributed by atoms with Crippen LogP contribution in [0.5, 0.6) is 11.5 Å². The number of nitrogens with one attached hydrogen (secondary N) is 2. The van der Waals surface area contributed by atoms with Crippen LogP contribution in [0, 0.1) is 10.1 Å². The van der Waals surface area contributed by atoms with Crippen LogP contribution in [0.2, 0.25) is 0 Å². The average Bonchev–Trinajstić information content (AvgIpc) is 3.37. The van der Waals surface area contributed by atoms with E-state index in [1.165, 1.54) is 29.5 Å². The summed E-state index contributed by atoms with van der Waals surface area (Å²) in [5.74, 6) is 0.831. The Balaban J connectivity index is 1.54. The zero-order chi connectivity index (χ0) is 19.5. The first-order valence-corrected chi connectivity index (χ1v) is 9.10. The molecule has 0 fully saturated rings. The summed E-state index contributed by atoms with van der Waals surface area (Å²) in [4.78, 5) is 27.4. The van der Waals surface area contributed by atoms with Gasteiger partial charge in [0, 0.05) is 30.3 Å². The Hall–Kier alpha value is -3.66. The van der Waals surface area contributed by atoms with Gasteiger partial charge >= 0.3 is 0 Å². The number of carbonyl (C=O) groups excluding carboxylic acids is 1. The van der Waals surface area contributed by atoms with Gasteiger partial charge in [-0.25, -0.2) is 4.98 Å². The van der Waals surface area contributed by atoms with Crippen LogP contribution in [-0.4, -0.2) is 22.6 Å². The van der Waals surface area contributed by atoms with Crippen LogP contribution in [0.15, 0.2) is 48.0 Å². The van der Waals surface area contributed by atoms with Gasteiger partial charge in [-0.1, -0.05) is 6.07 Å². The highest BCUT2D eigenvalue weighted by molar-refractivity contribution is 7.13. The summed E-state index contributed by atoms with van der Waals surface area (Å²) in [6.45, 7) is 0.402. The van der Waals surface area contributed by atoms with Gasteiger partial charge in [-0.3, -0.25) is 14.9 Å². The number of nitrogens with zero attached hydrogens (tertiary/aromatic N) is 2. The molecule has 0 bridgehead atoms. The predicted octanol–water partition coefficient (Wildman–Crippen LogP) is 3.45. The minimum atomic E-state index is -0.540. The Morgan fingerprint density at radius 1 is 1.21 bits per heavy atom. The predicted molar refractivity (Wildman–Crippen MR) is 102 cm³/mol. The first-order valence-electron chi connectivity index (χ1n) is 8.22. The fourth-order valence-electron chi connectivity index (χ4n) is 2.67. The number of fused-ring (bicyclic) bond motifs is 1. The Morgan fingerprint density at radius 3 is 2.86 bits per heavy atom. The lowest BCUT2D eigenvalue weighted by Gasteiger charge is -2.11. The third kappa shape index (κ3) is 3.71. The minimum Gasteiger partial charge on any atom is -0.454 e. The zero-order valence-electron chi connectivity index (χ0n) is 14.4. The lowest BCUT2D eigenvalue weighted by molar-refractivity contribution is -0.384. The number of rotatable bonds is 6. The van der Waals surface area contributed by atoms with E-state index in [1.54, 1.807) is 23.7 Å². The van der Waals surface area contributed by atoms with Crippen molar-refractivity contribution >= 4 is 33.8 Å². The molecule has 0 spiro atoms. The maximum atomic E-state index is 12.7. The number of aromatic nitrogens is 1. The standard InChI is InChI=1S/C18H14N4O5S/c23-17(20-9-11-1-4-15-16(7-11)27-10-26-15)13-8-12(22(24)25)2-3-14(13)21-18-19-5-6-28-18/h1-8H,9-10H2,(H,19,21)(H,20,23). The highest BCUT2D eigenvalue weighted by Gasteiger charge is 2.18. The van der Waals surface area contributed by atoms with Gasteiger partial charge in [0.1, 0.15) is 0 Å². The van der Waals surface area contributed by atoms with Gasteiger partial charge in [0.2, 0.25) is 6.79 Å². The lowest BCUT2D eigenvalue weighted by atomic mass is 10.1. The van der Waals surface area contributed by atoms with Gasteiger partial charge in [0.25, 0.3) is 11.6 Å². The molecule has 2 aromatic carbocycles. The van der Waals surface area contributed by atoms with E-state index in [-0.39, 0.29) is 24.6 Å². The third-order valence-electron chi connectivity index (χ3n) is 4.02. The van der Waals surface area contributed by atoms with Crippen molar-refractivity contribution in [2.75, 3.05) is 12.1 Å². The van der Waals surface area contributed by atoms with E-state index in [9.17, 15) is 14.9 Å². The SMILES string of the molecule is O=C(NCc1ccc2c(c1)OCO2)c1cc([N+](=O)[O-])ccc1Nc1nccs1. The van der Waals surface area contributed by atoms with Crippen LogP contribution in [0.1, 0.15) is 15.9 Å². The van der Waals surface area contributed by atoms with Crippen molar-refractivity contribution < 1.29 is 19.2 Å². The van der Waals surface area contributed by atoms with E-state index in [0.29, 0.717) is 22.3 Å². The van der Waals surface area contributed by atoms with Crippen LogP contribution in [0.4, 0.5) is 16.5 Å². The van der Waals surface area contributed by atoms with Crippen molar-refractivity contribution in [1.29, 1.82) is 0 Å². The molecule has 0 saturated carbocycles. The highest BCUT2D eigenvalue weighted by atomic mass is 32.1. The molecule has 10 heteroatoms. The van der Waals surface area contributed by atoms with Gasteiger partial charge in [0.15, 0.2) is 16.6 Å². The number of hydrogen-bond acceptors (Lipinski definition) is 8. The number of amides is 1. The quantitative estimate of drug-likeness (QED) is 0.482. The molecule has 1 aromatic heterocycles. The molecule has 0 aliphatic carbocycles. The van der Waals surface area contributed by atoms with Crippen molar-refractivity contribution in [3.8, 4) is 11.5 Å². The molecular formula is C18H14N4O5S. The molecule has 1 aliphatic rings. The Kier molecular flexibility index (Phi) is 4.77. The van der Waals surface area contributed by atoms with E-state index in [1.807, 2.05) is 6.07 Å². The van der Waals surface area contributed by atoms with Gasteiger partial charge in [-0.05, 0) is 23.8 Å². The molecule has 0 unspecified atom stereocenters. The Labute approximate surface area is 163 Å². The molecule has 28 heavy (non-hydrogen) atoms. The van der Waals surface area contributed by atoms with Crippen LogP contribution < -0.4 is 20.1 Å². The zero-order valence-corrected chi connectivity index (χ0v) is 15.2. The first-order chi connectivity index (χ1) is 13.6. The van der Waals surface area contributed by atoms with E-state index in [2.05, 4.69) is 15.6 Å². The third-order valence-corrected chi connectivity index (χ3v) is 4.71. The molecule has 9 nitrogen and oxygen atoms in total. The van der Waals surface area contributed by atoms with Gasteiger partial charge < -0.3 is 20.1 Å². The van der Waals surface area contributed by atoms with E-state index in [4.69, 9.17) is 9.47 Å². The topological polar surface area (TPSA) is 116 Å². The maximum Gasteiger partial charge on any atom is 0.270 e. The minimum absolute atomic E-state index is 0.158. The second-order valence-corrected chi connectivity index (χ2v) is 6.71. The molecule has 1 aliphatic heterocycles. The van der Waals surface area contributed by atoms with Crippen LogP contribution >= 0.6 is 11.3 Å². The number of carbonyl (C=O) groups is 1. The second kappa shape index (κ2) is 7.53. The van der Waals surface area contributed by atoms with Gasteiger partial charge in [-0.2, -0.15) is 0 Å². The van der Waals surface area contributed by atoms with Crippen molar-refractivity contribution in [3.63, 3.8) is 0 Å². The molecule has 0 atom stereocenters. The monoisotopic (exact) mass is 398 g/mol. The Morgan fingerprint density at radius 2 is 2.07 bits per heavy atom. The smallest absolute Gasteiger partial charge is 0.270 e. The van der Waals surface area contributed by atoms with E-state index >= 15 is 0 Å². The van der Waals surface area contributed by atoms with Gasteiger partial charge in [-0.15, -0.1) is 11.3 Å². The summed E-state index contributed by atoms with van der Waals surface area (Å²) in [6.07, 6.45) is 1.62. The number of benzene rings is 2. The maximum absolute atomic E-state index is 12.7. The van der Waals surface area contributed by atoms with Crippen molar-refractivity contribution in [1.82, 2.24) is 10.3 Å². The fraction of sp³-hybridized carbons (Fsp3) is 0.111. The number of nitro benzene ring substituents is 1. The number of non-ortho nitro benzene ring substituents is 1. The largest absolute Gasteiger partial charge is 0.454 e. The van der Waals surface area contributed by atoms with Crippen LogP contribution in [-0.2, 0) is 6.54 Å². The molecule has 2 N–H and O–H groups in total. The van der Waals surface area contributed by atoms with Crippen molar-refractivity contribution in [2.24, 2.45) is 0 Å². The van der Waals surface area contributed by atoms with Crippen LogP contribution in [0.25, 0.3) is 0 Å². The fourth-order valence-corrected chi connectivity index (χ4v) is 3.21. The molecule has 3 aromatic rings. The Bertz CT molecular complexity index is 1040. The summed E-state index contributed by atoms with van der Waals surface area (Å²) in [5, 5.41) is 19.3. The number of thiazole rings is 1. The normalized spacial score (nSPS) is 11.9. The summed E-state index contributed by atoms with van der Waals surface area (Å²) in [6, 6.07) is 9.44. The lowest BCUT2D eigenvalue weighted by Crippen LogP contribution is -2.23. The second-order valence-electron chi connectivity index (χ2n) is 5.82. The molecule has 0 saturated heterocycles. The molecule has 0 radical (unpaired) electrons. The molecule has 1 amide bonds. The van der Waals surface area contributed by atoms with Crippen molar-refractivity contribution in [3.05, 3.63) is 69.2 Å². The van der Waals surface area contributed by atoms with Crippen LogP contribution in [0.3, 0.4) is 0 Å². The molecule has 4 rings (SSSR count). The van der Waals surface area contributed by atoms with E-state index < -0.39 is 10.8 Å². The average molecular weight is 398 g/mol. The van der Waals surface area contributed by atoms with Gasteiger partial charge in [0.05, 0.1) is 16.2 Å². The highest BCUT2D eigenvalue weighted by Crippen LogP contribution is 2.32. The summed E-state index contributed by atoms with van der Waals surface area (Å²) >= 11 is 1.36. The van der Waals surface area contributed by atoms with E-state index in [0.717, 1.165) is 5.56 Å². The number of ether oxygens (including phenoxy) is 2. The summed E-state index contributed by atoms with van der Waals surface area (Å²) in [7, 11) is 0. The number of hydrogen-bond donors (Lipinski definition) is 2. The molecule has 142 valence electrons. The summed E-state index contributed by atoms with van der Waals surface area (Å²) < 4.78 is 10.6. The molecule has 2 heterocycles. The molecular weight excluding hydrogens is 384 g/mol. The van der Waals surface area contributed by atoms with Crippen molar-refractivity contribution in [2.45, 2.75) is 6.54 Å². The summed E-state index contributed by atoms with van der Waals surface area (Å²) in [5.41, 5.74) is 1.24. The number of anilines is 2. The first kappa shape index (κ1) is 17.7. The number of nitro groups is 1.